The summed E-state index contributed by atoms with van der Waals surface area (Å²) in [7, 11) is 2.67. The first-order valence-electron chi connectivity index (χ1n) is 8.65. The average Bonchev–Trinajstić information content (AvgIpc) is 2.65. The van der Waals surface area contributed by atoms with Crippen LogP contribution in [0.2, 0.25) is 0 Å². The fraction of sp³-hybridized carbons (Fsp3) is 0.421. The highest BCUT2D eigenvalue weighted by atomic mass is 32.2. The summed E-state index contributed by atoms with van der Waals surface area (Å²) in [6.45, 7) is 6.73. The van der Waals surface area contributed by atoms with Gasteiger partial charge in [-0.1, -0.05) is 45.0 Å². The van der Waals surface area contributed by atoms with E-state index in [4.69, 9.17) is 0 Å². The maximum atomic E-state index is 12.5. The van der Waals surface area contributed by atoms with Gasteiger partial charge < -0.3 is 10.2 Å². The van der Waals surface area contributed by atoms with Crippen molar-refractivity contribution in [3.63, 3.8) is 0 Å². The number of rotatable bonds is 7. The minimum Gasteiger partial charge on any atom is -0.377 e. The molecule has 0 saturated heterocycles. The van der Waals surface area contributed by atoms with Gasteiger partial charge in [-0.25, -0.2) is 8.93 Å². The zero-order valence-electron chi connectivity index (χ0n) is 15.8. The lowest BCUT2D eigenvalue weighted by Crippen LogP contribution is -2.32. The molecule has 0 radical (unpaired) electrons. The maximum Gasteiger partial charge on any atom is 0.219 e. The van der Waals surface area contributed by atoms with Crippen LogP contribution in [0.3, 0.4) is 0 Å². The lowest BCUT2D eigenvalue weighted by molar-refractivity contribution is -0.120. The van der Waals surface area contributed by atoms with Gasteiger partial charge in [0.25, 0.3) is 0 Å². The number of benzene rings is 2. The second-order valence-electron chi connectivity index (χ2n) is 5.39. The molecule has 2 aromatic carbocycles. The van der Waals surface area contributed by atoms with E-state index in [9.17, 15) is 9.00 Å². The molecule has 1 unspecified atom stereocenters. The topological polar surface area (TPSA) is 61.4 Å². The number of carbonyl (C=O) groups is 1. The molecule has 0 aliphatic heterocycles. The summed E-state index contributed by atoms with van der Waals surface area (Å²) in [6, 6.07) is 11.8. The van der Waals surface area contributed by atoms with Crippen molar-refractivity contribution in [2.24, 2.45) is 0 Å². The Kier molecular flexibility index (Phi) is 9.16. The summed E-state index contributed by atoms with van der Waals surface area (Å²) in [5.74, 6) is -0.00151. The smallest absolute Gasteiger partial charge is 0.219 e. The molecule has 1 amide bonds. The van der Waals surface area contributed by atoms with Crippen LogP contribution in [-0.2, 0) is 15.8 Å². The van der Waals surface area contributed by atoms with Gasteiger partial charge in [-0.3, -0.25) is 4.79 Å². The van der Waals surface area contributed by atoms with Gasteiger partial charge in [0.15, 0.2) is 0 Å². The molecule has 6 heteroatoms. The highest BCUT2D eigenvalue weighted by Gasteiger charge is 2.11. The van der Waals surface area contributed by atoms with E-state index < -0.39 is 11.0 Å². The van der Waals surface area contributed by atoms with Crippen molar-refractivity contribution in [3.8, 4) is 0 Å². The van der Waals surface area contributed by atoms with Crippen LogP contribution in [0, 0.1) is 0 Å². The van der Waals surface area contributed by atoms with Crippen molar-refractivity contribution in [2.45, 2.75) is 32.1 Å². The number of fused-ring (bicyclic) bond motifs is 1. The monoisotopic (exact) mass is 363 g/mol. The number of amides is 1. The number of anilines is 1. The van der Waals surface area contributed by atoms with Crippen molar-refractivity contribution in [1.29, 1.82) is 0 Å². The highest BCUT2D eigenvalue weighted by Crippen LogP contribution is 2.29. The quantitative estimate of drug-likeness (QED) is 0.743. The summed E-state index contributed by atoms with van der Waals surface area (Å²) < 4.78 is 15.5. The number of nitrogens with zero attached hydrogens (tertiary/aromatic N) is 1. The van der Waals surface area contributed by atoms with Crippen LogP contribution in [0.4, 0.5) is 5.69 Å². The Balaban J connectivity index is 0.00000151. The third-order valence-corrected chi connectivity index (χ3v) is 4.76. The summed E-state index contributed by atoms with van der Waals surface area (Å²) in [4.78, 5) is 14.0. The molecule has 5 nitrogen and oxygen atoms in total. The van der Waals surface area contributed by atoms with Crippen molar-refractivity contribution < 1.29 is 9.00 Å². The van der Waals surface area contributed by atoms with Crippen LogP contribution < -0.4 is 14.9 Å². The Labute approximate surface area is 153 Å². The Morgan fingerprint density at radius 2 is 1.68 bits per heavy atom. The molecular formula is C19H29N3O2S. The molecule has 2 aromatic rings. The minimum absolute atomic E-state index is 0.00151. The molecule has 138 valence electrons. The largest absolute Gasteiger partial charge is 0.377 e. The number of hydrogen-bond donors (Lipinski definition) is 2. The third-order valence-electron chi connectivity index (χ3n) is 3.54. The van der Waals surface area contributed by atoms with E-state index in [1.807, 2.05) is 69.2 Å². The first-order valence-corrected chi connectivity index (χ1v) is 9.80. The number of hydrogen-bond acceptors (Lipinski definition) is 3. The van der Waals surface area contributed by atoms with E-state index in [1.54, 1.807) is 6.92 Å². The van der Waals surface area contributed by atoms with Crippen molar-refractivity contribution >= 4 is 33.4 Å². The summed E-state index contributed by atoms with van der Waals surface area (Å²) in [5, 5.41) is 4.81. The van der Waals surface area contributed by atoms with E-state index >= 15 is 0 Å². The molecular weight excluding hydrogens is 334 g/mol. The van der Waals surface area contributed by atoms with Crippen molar-refractivity contribution in [1.82, 2.24) is 10.0 Å². The molecule has 0 spiro atoms. The zero-order chi connectivity index (χ0) is 18.8. The van der Waals surface area contributed by atoms with Gasteiger partial charge >= 0.3 is 0 Å². The Morgan fingerprint density at radius 1 is 1.04 bits per heavy atom. The molecule has 0 fully saturated rings. The molecule has 0 heterocycles. The predicted octanol–water partition coefficient (Wildman–Crippen LogP) is 3.07. The summed E-state index contributed by atoms with van der Waals surface area (Å²) >= 11 is 0. The van der Waals surface area contributed by atoms with Gasteiger partial charge in [-0.2, -0.15) is 0 Å². The van der Waals surface area contributed by atoms with E-state index in [-0.39, 0.29) is 5.91 Å². The third kappa shape index (κ3) is 5.83. The lowest BCUT2D eigenvalue weighted by Gasteiger charge is -2.16. The first-order chi connectivity index (χ1) is 12.0. The standard InChI is InChI=1S/C17H23N3O2S.C2H6/c1-4-17(21)18-11-12-19-23(22)16-10-6-7-13-14(16)8-5-9-15(13)20(2)3;1-2/h5-10,19H,4,11-12H2,1-3H3,(H,18,21);1-2H3. The van der Waals surface area contributed by atoms with Crippen molar-refractivity contribution in [3.05, 3.63) is 36.4 Å². The van der Waals surface area contributed by atoms with E-state index in [2.05, 4.69) is 10.0 Å². The van der Waals surface area contributed by atoms with Crippen LogP contribution in [0.1, 0.15) is 27.2 Å². The molecule has 2 N–H and O–H groups in total. The maximum absolute atomic E-state index is 12.5. The summed E-state index contributed by atoms with van der Waals surface area (Å²) in [5.41, 5.74) is 1.09. The first kappa shape index (κ1) is 21.1. The molecule has 0 saturated carbocycles. The molecule has 25 heavy (non-hydrogen) atoms. The van der Waals surface area contributed by atoms with Crippen LogP contribution in [0.5, 0.6) is 0 Å². The van der Waals surface area contributed by atoms with Crippen LogP contribution in [-0.4, -0.2) is 37.3 Å². The Hall–Kier alpha value is -1.92. The average molecular weight is 364 g/mol. The van der Waals surface area contributed by atoms with Gasteiger partial charge in [0, 0.05) is 50.1 Å². The van der Waals surface area contributed by atoms with Gasteiger partial charge in [0.05, 0.1) is 4.90 Å². The summed E-state index contributed by atoms with van der Waals surface area (Å²) in [6.07, 6.45) is 0.458. The van der Waals surface area contributed by atoms with Crippen LogP contribution >= 0.6 is 0 Å². The lowest BCUT2D eigenvalue weighted by atomic mass is 10.1. The minimum atomic E-state index is -1.32. The highest BCUT2D eigenvalue weighted by molar-refractivity contribution is 7.83. The normalized spacial score (nSPS) is 11.4. The molecule has 0 aliphatic carbocycles. The molecule has 1 atom stereocenters. The fourth-order valence-corrected chi connectivity index (χ4v) is 3.39. The molecule has 0 bridgehead atoms. The zero-order valence-corrected chi connectivity index (χ0v) is 16.6. The second-order valence-corrected chi connectivity index (χ2v) is 6.66. The molecule has 0 aliphatic rings. The number of nitrogens with one attached hydrogen (secondary N) is 2. The van der Waals surface area contributed by atoms with Gasteiger partial charge in [-0.05, 0) is 12.1 Å². The van der Waals surface area contributed by atoms with E-state index in [1.165, 1.54) is 0 Å². The number of carbonyl (C=O) groups excluding carboxylic acids is 1. The SMILES string of the molecule is CC.CCC(=O)NCCNS(=O)c1cccc2c(N(C)C)cccc12. The molecule has 0 aromatic heterocycles. The van der Waals surface area contributed by atoms with E-state index in [0.717, 1.165) is 21.4 Å². The van der Waals surface area contributed by atoms with Gasteiger partial charge in [-0.15, -0.1) is 0 Å². The predicted molar refractivity (Wildman–Crippen MR) is 107 cm³/mol. The second kappa shape index (κ2) is 10.8. The molecule has 2 rings (SSSR count). The van der Waals surface area contributed by atoms with Gasteiger partial charge in [0.2, 0.25) is 5.91 Å². The van der Waals surface area contributed by atoms with Crippen LogP contribution in [0.25, 0.3) is 10.8 Å². The van der Waals surface area contributed by atoms with E-state index in [0.29, 0.717) is 19.5 Å². The Morgan fingerprint density at radius 3 is 2.32 bits per heavy atom. The van der Waals surface area contributed by atoms with Gasteiger partial charge in [0.1, 0.15) is 11.0 Å². The fourth-order valence-electron chi connectivity index (χ4n) is 2.36. The van der Waals surface area contributed by atoms with Crippen LogP contribution in [0.15, 0.2) is 41.3 Å². The Bertz CT molecular complexity index is 717. The van der Waals surface area contributed by atoms with Crippen molar-refractivity contribution in [2.75, 3.05) is 32.1 Å².